The van der Waals surface area contributed by atoms with Crippen molar-refractivity contribution in [1.29, 1.82) is 0 Å². The lowest BCUT2D eigenvalue weighted by Crippen LogP contribution is -2.40. The van der Waals surface area contributed by atoms with Gasteiger partial charge in [0.2, 0.25) is 5.91 Å². The molecule has 0 radical (unpaired) electrons. The van der Waals surface area contributed by atoms with E-state index in [9.17, 15) is 9.59 Å². The Bertz CT molecular complexity index is 737. The molecule has 7 heteroatoms. The van der Waals surface area contributed by atoms with Crippen molar-refractivity contribution in [3.05, 3.63) is 52.7 Å². The first-order valence-electron chi connectivity index (χ1n) is 7.76. The molecule has 3 heterocycles. The first-order chi connectivity index (χ1) is 11.2. The first kappa shape index (κ1) is 15.5. The van der Waals surface area contributed by atoms with Gasteiger partial charge in [0.05, 0.1) is 12.2 Å². The van der Waals surface area contributed by atoms with E-state index in [0.717, 1.165) is 18.5 Å². The van der Waals surface area contributed by atoms with Gasteiger partial charge in [-0.2, -0.15) is 5.10 Å². The molecule has 0 unspecified atom stereocenters. The Balaban J connectivity index is 1.65. The van der Waals surface area contributed by atoms with Crippen LogP contribution in [-0.2, 0) is 22.6 Å². The molecule has 0 aliphatic carbocycles. The molecule has 23 heavy (non-hydrogen) atoms. The summed E-state index contributed by atoms with van der Waals surface area (Å²) < 4.78 is 8.96. The predicted molar refractivity (Wildman–Crippen MR) is 83.8 cm³/mol. The van der Waals surface area contributed by atoms with E-state index in [1.807, 2.05) is 17.8 Å². The van der Waals surface area contributed by atoms with E-state index in [1.165, 1.54) is 10.6 Å². The van der Waals surface area contributed by atoms with Gasteiger partial charge in [-0.05, 0) is 19.4 Å². The van der Waals surface area contributed by atoms with Crippen LogP contribution in [0.25, 0.3) is 0 Å². The van der Waals surface area contributed by atoms with E-state index in [-0.39, 0.29) is 30.2 Å². The third-order valence-corrected chi connectivity index (χ3v) is 3.96. The van der Waals surface area contributed by atoms with Crippen molar-refractivity contribution in [3.8, 4) is 0 Å². The summed E-state index contributed by atoms with van der Waals surface area (Å²) in [5, 5.41) is 7.22. The Hall–Kier alpha value is -2.41. The van der Waals surface area contributed by atoms with Crippen molar-refractivity contribution >= 4 is 5.91 Å². The number of carbonyl (C=O) groups is 1. The minimum Gasteiger partial charge on any atom is -0.371 e. The van der Waals surface area contributed by atoms with E-state index < -0.39 is 0 Å². The molecular formula is C16H20N4O3. The van der Waals surface area contributed by atoms with Crippen LogP contribution in [0.3, 0.4) is 0 Å². The van der Waals surface area contributed by atoms with Gasteiger partial charge in [0.15, 0.2) is 0 Å². The molecule has 0 spiro atoms. The highest BCUT2D eigenvalue weighted by atomic mass is 16.5. The van der Waals surface area contributed by atoms with Gasteiger partial charge in [-0.1, -0.05) is 6.07 Å². The zero-order valence-electron chi connectivity index (χ0n) is 13.0. The summed E-state index contributed by atoms with van der Waals surface area (Å²) in [6, 6.07) is 4.73. The predicted octanol–water partition coefficient (Wildman–Crippen LogP) is 0.711. The lowest BCUT2D eigenvalue weighted by molar-refractivity contribution is -0.122. The van der Waals surface area contributed by atoms with Gasteiger partial charge in [0.25, 0.3) is 5.56 Å². The van der Waals surface area contributed by atoms with E-state index in [0.29, 0.717) is 6.61 Å². The Kier molecular flexibility index (Phi) is 4.57. The number of hydrogen-bond acceptors (Lipinski definition) is 4. The van der Waals surface area contributed by atoms with Crippen molar-refractivity contribution < 1.29 is 9.53 Å². The highest BCUT2D eigenvalue weighted by Gasteiger charge is 2.31. The maximum absolute atomic E-state index is 12.2. The summed E-state index contributed by atoms with van der Waals surface area (Å²) in [5.41, 5.74) is 0.776. The van der Waals surface area contributed by atoms with Gasteiger partial charge in [-0.15, -0.1) is 0 Å². The fourth-order valence-corrected chi connectivity index (χ4v) is 2.76. The van der Waals surface area contributed by atoms with Crippen molar-refractivity contribution in [2.45, 2.75) is 38.6 Å². The molecule has 1 aliphatic rings. The lowest BCUT2D eigenvalue weighted by Gasteiger charge is -2.19. The maximum Gasteiger partial charge on any atom is 0.250 e. The third-order valence-electron chi connectivity index (χ3n) is 3.96. The maximum atomic E-state index is 12.2. The molecule has 2 aromatic rings. The van der Waals surface area contributed by atoms with Gasteiger partial charge >= 0.3 is 0 Å². The van der Waals surface area contributed by atoms with Gasteiger partial charge in [-0.3, -0.25) is 14.3 Å². The highest BCUT2D eigenvalue weighted by molar-refractivity contribution is 5.76. The number of amides is 1. The molecule has 7 nitrogen and oxygen atoms in total. The third kappa shape index (κ3) is 3.50. The number of pyridine rings is 1. The largest absolute Gasteiger partial charge is 0.371 e. The summed E-state index contributed by atoms with van der Waals surface area (Å²) in [6.45, 7) is 3.42. The molecule has 2 aromatic heterocycles. The molecule has 122 valence electrons. The van der Waals surface area contributed by atoms with Crippen molar-refractivity contribution in [1.82, 2.24) is 19.7 Å². The normalized spacial score (nSPS) is 20.6. The number of hydrogen-bond donors (Lipinski definition) is 1. The molecule has 0 aromatic carbocycles. The second kappa shape index (κ2) is 6.78. The Labute approximate surface area is 133 Å². The molecule has 1 fully saturated rings. The van der Waals surface area contributed by atoms with Crippen LogP contribution in [0, 0.1) is 0 Å². The minimum absolute atomic E-state index is 0.0110. The fourth-order valence-electron chi connectivity index (χ4n) is 2.76. The van der Waals surface area contributed by atoms with Gasteiger partial charge in [-0.25, -0.2) is 0 Å². The van der Waals surface area contributed by atoms with Gasteiger partial charge in [0.1, 0.15) is 12.6 Å². The Morgan fingerprint density at radius 1 is 1.48 bits per heavy atom. The molecule has 1 saturated heterocycles. The number of ether oxygens (including phenoxy) is 1. The summed E-state index contributed by atoms with van der Waals surface area (Å²) in [6.07, 6.45) is 5.89. The monoisotopic (exact) mass is 316 g/mol. The topological polar surface area (TPSA) is 78.1 Å². The summed E-state index contributed by atoms with van der Waals surface area (Å²) in [7, 11) is 0. The number of rotatable bonds is 5. The average molecular weight is 316 g/mol. The number of nitrogens with one attached hydrogen (secondary N) is 1. The van der Waals surface area contributed by atoms with Gasteiger partial charge in [0, 0.05) is 37.2 Å². The van der Waals surface area contributed by atoms with Crippen molar-refractivity contribution in [3.63, 3.8) is 0 Å². The Morgan fingerprint density at radius 3 is 3.09 bits per heavy atom. The molecular weight excluding hydrogens is 296 g/mol. The summed E-state index contributed by atoms with van der Waals surface area (Å²) in [5.74, 6) is -0.193. The lowest BCUT2D eigenvalue weighted by atomic mass is 10.1. The molecule has 1 N–H and O–H groups in total. The van der Waals surface area contributed by atoms with E-state index in [4.69, 9.17) is 4.74 Å². The SMILES string of the molecule is CCn1cc([C@H]2OCC[C@@H]2NC(=O)Cn2ccccc2=O)cn1. The van der Waals surface area contributed by atoms with Crippen LogP contribution in [0.2, 0.25) is 0 Å². The number of carbonyl (C=O) groups excluding carboxylic acids is 1. The first-order valence-corrected chi connectivity index (χ1v) is 7.76. The fraction of sp³-hybridized carbons (Fsp3) is 0.438. The van der Waals surface area contributed by atoms with Crippen LogP contribution in [0.15, 0.2) is 41.6 Å². The highest BCUT2D eigenvalue weighted by Crippen LogP contribution is 2.28. The Morgan fingerprint density at radius 2 is 2.35 bits per heavy atom. The van der Waals surface area contributed by atoms with E-state index >= 15 is 0 Å². The van der Waals surface area contributed by atoms with Crippen LogP contribution >= 0.6 is 0 Å². The second-order valence-corrected chi connectivity index (χ2v) is 5.55. The second-order valence-electron chi connectivity index (χ2n) is 5.55. The van der Waals surface area contributed by atoms with E-state index in [1.54, 1.807) is 24.5 Å². The molecule has 1 aliphatic heterocycles. The molecule has 2 atom stereocenters. The minimum atomic E-state index is -0.193. The molecule has 0 saturated carbocycles. The summed E-state index contributed by atoms with van der Waals surface area (Å²) in [4.78, 5) is 23.9. The quantitative estimate of drug-likeness (QED) is 0.881. The number of nitrogens with zero attached hydrogens (tertiary/aromatic N) is 3. The van der Waals surface area contributed by atoms with E-state index in [2.05, 4.69) is 10.4 Å². The molecule has 1 amide bonds. The van der Waals surface area contributed by atoms with Crippen LogP contribution in [-0.4, -0.2) is 32.9 Å². The van der Waals surface area contributed by atoms with Crippen molar-refractivity contribution in [2.24, 2.45) is 0 Å². The van der Waals surface area contributed by atoms with Crippen LogP contribution in [0.4, 0.5) is 0 Å². The van der Waals surface area contributed by atoms with Crippen molar-refractivity contribution in [2.75, 3.05) is 6.61 Å². The van der Waals surface area contributed by atoms with Gasteiger partial charge < -0.3 is 14.6 Å². The zero-order valence-corrected chi connectivity index (χ0v) is 13.0. The smallest absolute Gasteiger partial charge is 0.250 e. The number of aryl methyl sites for hydroxylation is 1. The molecule has 3 rings (SSSR count). The molecule has 0 bridgehead atoms. The van der Waals surface area contributed by atoms with Crippen LogP contribution < -0.4 is 10.9 Å². The standard InChI is InChI=1S/C16H20N4O3/c1-2-20-10-12(9-17-20)16-13(6-8-23-16)18-14(21)11-19-7-4-3-5-15(19)22/h3-5,7,9-10,13,16H,2,6,8,11H2,1H3,(H,18,21)/t13-,16+/m0/s1. The average Bonchev–Trinajstić information content (AvgIpc) is 3.18. The zero-order chi connectivity index (χ0) is 16.2. The number of aromatic nitrogens is 3. The van der Waals surface area contributed by atoms with Crippen LogP contribution in [0.5, 0.6) is 0 Å². The summed E-state index contributed by atoms with van der Waals surface area (Å²) >= 11 is 0. The van der Waals surface area contributed by atoms with Crippen LogP contribution in [0.1, 0.15) is 25.0 Å².